The number of rotatable bonds is 22. The molecule has 0 aliphatic carbocycles. The molecule has 0 radical (unpaired) electrons. The van der Waals surface area contributed by atoms with Gasteiger partial charge in [-0.05, 0) is 75.2 Å². The molecule has 2 aromatic rings. The molecule has 3 amide bonds. The van der Waals surface area contributed by atoms with Crippen molar-refractivity contribution in [3.05, 3.63) is 51.7 Å². The molecule has 1 aliphatic heterocycles. The minimum Gasteiger partial charge on any atom is -0.481 e. The fraction of sp³-hybridized carbons (Fsp3) is 0.619. The summed E-state index contributed by atoms with van der Waals surface area (Å²) in [5.41, 5.74) is 0.746. The number of hydrogen-bond acceptors (Lipinski definition) is 10. The van der Waals surface area contributed by atoms with E-state index >= 15 is 0 Å². The van der Waals surface area contributed by atoms with Crippen LogP contribution in [0.15, 0.2) is 29.6 Å². The molecule has 7 atom stereocenters. The molecular weight excluding hydrogens is 754 g/mol. The summed E-state index contributed by atoms with van der Waals surface area (Å²) < 4.78 is 19.4. The maximum atomic E-state index is 14.7. The number of hydrogen-bond donors (Lipinski definition) is 3. The normalized spacial score (nSPS) is 17.6. The number of likely N-dealkylation sites (tertiary alicyclic amines) is 1. The van der Waals surface area contributed by atoms with Crippen molar-refractivity contribution in [1.82, 2.24) is 25.6 Å². The predicted octanol–water partition coefficient (Wildman–Crippen LogP) is 5.94. The molecule has 3 N–H and O–H groups in total. The van der Waals surface area contributed by atoms with E-state index in [0.717, 1.165) is 30.7 Å². The van der Waals surface area contributed by atoms with Crippen molar-refractivity contribution in [3.63, 3.8) is 0 Å². The molecule has 13 nitrogen and oxygen atoms in total. The van der Waals surface area contributed by atoms with Gasteiger partial charge in [0, 0.05) is 31.2 Å². The van der Waals surface area contributed by atoms with Crippen molar-refractivity contribution >= 4 is 41.0 Å². The zero-order chi connectivity index (χ0) is 42.2. The van der Waals surface area contributed by atoms with Crippen molar-refractivity contribution in [1.29, 1.82) is 0 Å². The highest BCUT2D eigenvalue weighted by molar-refractivity contribution is 7.09. The third kappa shape index (κ3) is 14.5. The number of nitrogens with zero attached hydrogens (tertiary/aromatic N) is 3. The second-order valence-corrected chi connectivity index (χ2v) is 16.3. The highest BCUT2D eigenvalue weighted by Crippen LogP contribution is 2.32. The van der Waals surface area contributed by atoms with E-state index < -0.39 is 59.7 Å². The van der Waals surface area contributed by atoms with E-state index in [1.807, 2.05) is 39.6 Å². The maximum Gasteiger partial charge on any atom is 0.306 e. The number of thiazole rings is 1. The Morgan fingerprint density at radius 2 is 1.81 bits per heavy atom. The lowest BCUT2D eigenvalue weighted by Crippen LogP contribution is -2.58. The van der Waals surface area contributed by atoms with Crippen molar-refractivity contribution in [2.75, 3.05) is 20.2 Å². The maximum absolute atomic E-state index is 14.7. The van der Waals surface area contributed by atoms with E-state index in [-0.39, 0.29) is 55.3 Å². The Kier molecular flexibility index (Phi) is 19.1. The van der Waals surface area contributed by atoms with Gasteiger partial charge in [0.15, 0.2) is 6.10 Å². The molecule has 0 bridgehead atoms. The van der Waals surface area contributed by atoms with Gasteiger partial charge in [-0.25, -0.2) is 14.4 Å². The Hall–Kier alpha value is -4.39. The fourth-order valence-corrected chi connectivity index (χ4v) is 7.66. The molecule has 314 valence electrons. The van der Waals surface area contributed by atoms with E-state index in [1.165, 1.54) is 29.5 Å². The van der Waals surface area contributed by atoms with Crippen molar-refractivity contribution in [3.8, 4) is 12.3 Å². The Labute approximate surface area is 340 Å². The molecular formula is C42H60FN5O8S. The smallest absolute Gasteiger partial charge is 0.306 e. The zero-order valence-electron chi connectivity index (χ0n) is 34.3. The molecule has 3 rings (SSSR count). The van der Waals surface area contributed by atoms with Crippen LogP contribution < -0.4 is 10.6 Å². The van der Waals surface area contributed by atoms with E-state index in [2.05, 4.69) is 21.5 Å². The molecule has 2 heterocycles. The van der Waals surface area contributed by atoms with Gasteiger partial charge in [-0.3, -0.25) is 33.7 Å². The van der Waals surface area contributed by atoms with Gasteiger partial charge in [0.05, 0.1) is 24.6 Å². The Morgan fingerprint density at radius 3 is 2.40 bits per heavy atom. The van der Waals surface area contributed by atoms with Gasteiger partial charge in [-0.2, -0.15) is 0 Å². The van der Waals surface area contributed by atoms with Crippen molar-refractivity contribution in [2.45, 2.75) is 130 Å². The molecule has 1 fully saturated rings. The number of amides is 3. The van der Waals surface area contributed by atoms with E-state index in [0.29, 0.717) is 36.3 Å². The number of unbranched alkanes of at least 4 members (excludes halogenated alkanes) is 1. The van der Waals surface area contributed by atoms with Crippen LogP contribution in [-0.2, 0) is 35.2 Å². The Morgan fingerprint density at radius 1 is 1.11 bits per heavy atom. The summed E-state index contributed by atoms with van der Waals surface area (Å²) in [7, 11) is 1.91. The quantitative estimate of drug-likeness (QED) is 0.0560. The number of nitrogens with one attached hydrogen (secondary N) is 2. The number of likely N-dealkylation sites (N-methyl/N-ethyl adjacent to an activating group) is 1. The molecule has 15 heteroatoms. The number of aliphatic carboxylic acids is 1. The number of carbonyl (C=O) groups is 5. The van der Waals surface area contributed by atoms with Crippen LogP contribution in [0.2, 0.25) is 0 Å². The fourth-order valence-electron chi connectivity index (χ4n) is 6.82. The van der Waals surface area contributed by atoms with Crippen LogP contribution in [0.3, 0.4) is 0 Å². The third-order valence-corrected chi connectivity index (χ3v) is 11.4. The van der Waals surface area contributed by atoms with Crippen LogP contribution in [0.1, 0.15) is 120 Å². The summed E-state index contributed by atoms with van der Waals surface area (Å²) in [6.45, 7) is 11.4. The predicted molar refractivity (Wildman–Crippen MR) is 215 cm³/mol. The van der Waals surface area contributed by atoms with E-state index in [9.17, 15) is 33.5 Å². The number of terminal acetylenes is 1. The molecule has 1 aromatic heterocycles. The van der Waals surface area contributed by atoms with Crippen LogP contribution in [0.25, 0.3) is 0 Å². The Balaban J connectivity index is 1.93. The largest absolute Gasteiger partial charge is 0.481 e. The number of esters is 1. The summed E-state index contributed by atoms with van der Waals surface area (Å²) in [6, 6.07) is 3.22. The van der Waals surface area contributed by atoms with E-state index in [1.54, 1.807) is 19.1 Å². The summed E-state index contributed by atoms with van der Waals surface area (Å²) in [6.07, 6.45) is 9.06. The molecule has 1 aliphatic rings. The van der Waals surface area contributed by atoms with Gasteiger partial charge in [-0.15, -0.1) is 23.7 Å². The number of carboxylic acids is 1. The number of aromatic nitrogens is 1. The SMILES string of the molecule is C#CCCCON(C(=O)[C@@H](NC(=O)[C@H]1CCCCN1C)[C@@H](C)CC)[C@H](C[C@@H](OC(C)=O)c1nc(C(=O)N[C@@H](Cc2ccc(F)cc2)C[C@H](C)C(=O)O)cs1)C(C)C. The number of piperidine rings is 1. The average Bonchev–Trinajstić information content (AvgIpc) is 3.67. The summed E-state index contributed by atoms with van der Waals surface area (Å²) in [4.78, 5) is 78.9. The standard InChI is InChI=1S/C42H60FN5O8S/c1-9-11-14-21-55-48(41(52)37(27(5)10-2)46-39(51)34-15-12-13-20-47(34)8)35(26(3)4)24-36(56-29(7)49)40-45-33(25-57-40)38(50)44-32(22-28(6)42(53)54)23-30-16-18-31(43)19-17-30/h1,16-19,25-28,32,34-37H,10-15,20-24H2,2-8H3,(H,44,50)(H,46,51)(H,53,54)/t27-,28-,32+,34+,35+,36+,37-/m0/s1. The molecule has 0 unspecified atom stereocenters. The van der Waals surface area contributed by atoms with Crippen LogP contribution in [-0.4, -0.2) is 94.1 Å². The lowest BCUT2D eigenvalue weighted by molar-refractivity contribution is -0.213. The van der Waals surface area contributed by atoms with Gasteiger partial charge in [-0.1, -0.05) is 59.6 Å². The molecule has 0 spiro atoms. The lowest BCUT2D eigenvalue weighted by Gasteiger charge is -2.39. The van der Waals surface area contributed by atoms with Gasteiger partial charge in [0.25, 0.3) is 11.8 Å². The number of benzene rings is 1. The number of hydroxylamine groups is 2. The molecule has 57 heavy (non-hydrogen) atoms. The summed E-state index contributed by atoms with van der Waals surface area (Å²) in [5.74, 6) is -1.90. The molecule has 0 saturated carbocycles. The third-order valence-electron chi connectivity index (χ3n) is 10.4. The summed E-state index contributed by atoms with van der Waals surface area (Å²) >= 11 is 1.10. The topological polar surface area (TPSA) is 167 Å². The van der Waals surface area contributed by atoms with Crippen molar-refractivity contribution < 1.29 is 43.0 Å². The first kappa shape index (κ1) is 47.0. The molecule has 1 aromatic carbocycles. The van der Waals surface area contributed by atoms with Crippen LogP contribution in [0, 0.1) is 35.9 Å². The second kappa shape index (κ2) is 23.1. The van der Waals surface area contributed by atoms with Gasteiger partial charge in [0.1, 0.15) is 22.6 Å². The Bertz CT molecular complexity index is 1680. The first-order valence-corrected chi connectivity index (χ1v) is 20.7. The average molecular weight is 814 g/mol. The number of ether oxygens (including phenoxy) is 1. The highest BCUT2D eigenvalue weighted by Gasteiger charge is 2.40. The molecule has 1 saturated heterocycles. The van der Waals surface area contributed by atoms with E-state index in [4.69, 9.17) is 16.0 Å². The second-order valence-electron chi connectivity index (χ2n) is 15.4. The van der Waals surface area contributed by atoms with Crippen LogP contribution in [0.4, 0.5) is 4.39 Å². The number of carbonyl (C=O) groups excluding carboxylic acids is 4. The highest BCUT2D eigenvalue weighted by atomic mass is 32.1. The lowest BCUT2D eigenvalue weighted by atomic mass is 9.93. The van der Waals surface area contributed by atoms with Crippen LogP contribution in [0.5, 0.6) is 0 Å². The monoisotopic (exact) mass is 813 g/mol. The van der Waals surface area contributed by atoms with Gasteiger partial charge < -0.3 is 20.5 Å². The first-order chi connectivity index (χ1) is 27.1. The number of halogens is 1. The minimum absolute atomic E-state index is 0.0334. The first-order valence-electron chi connectivity index (χ1n) is 19.9. The van der Waals surface area contributed by atoms with Gasteiger partial charge >= 0.3 is 11.9 Å². The summed E-state index contributed by atoms with van der Waals surface area (Å²) in [5, 5.41) is 18.7. The minimum atomic E-state index is -1.02. The zero-order valence-corrected chi connectivity index (χ0v) is 35.1. The van der Waals surface area contributed by atoms with Gasteiger partial charge in [0.2, 0.25) is 5.91 Å². The van der Waals surface area contributed by atoms with Crippen molar-refractivity contribution in [2.24, 2.45) is 17.8 Å². The number of carboxylic acid groups (broad SMARTS) is 1. The van der Waals surface area contributed by atoms with Crippen LogP contribution >= 0.6 is 11.3 Å².